The van der Waals surface area contributed by atoms with Crippen molar-refractivity contribution in [3.8, 4) is 0 Å². The van der Waals surface area contributed by atoms with Gasteiger partial charge in [-0.1, -0.05) is 32.9 Å². The summed E-state index contributed by atoms with van der Waals surface area (Å²) in [5.74, 6) is 3.25. The number of aromatic nitrogens is 2. The van der Waals surface area contributed by atoms with Gasteiger partial charge < -0.3 is 9.84 Å². The second-order valence-electron chi connectivity index (χ2n) is 7.77. The summed E-state index contributed by atoms with van der Waals surface area (Å²) in [5, 5.41) is 7.50. The van der Waals surface area contributed by atoms with Crippen molar-refractivity contribution in [2.24, 2.45) is 11.3 Å². The standard InChI is InChI=1S/C17H31N3O/c1-11(12(2)18-6)16-19-15(20-21-16)13-7-9-14(10-8-13)17(3,4)5/h11-14,18H,7-10H2,1-6H3. The van der Waals surface area contributed by atoms with E-state index in [0.717, 1.165) is 17.6 Å². The van der Waals surface area contributed by atoms with Crippen molar-refractivity contribution in [1.82, 2.24) is 15.5 Å². The van der Waals surface area contributed by atoms with Gasteiger partial charge in [-0.3, -0.25) is 0 Å². The van der Waals surface area contributed by atoms with E-state index in [1.807, 2.05) is 7.05 Å². The van der Waals surface area contributed by atoms with Gasteiger partial charge in [0.15, 0.2) is 5.82 Å². The van der Waals surface area contributed by atoms with Crippen molar-refractivity contribution < 1.29 is 4.52 Å². The van der Waals surface area contributed by atoms with Gasteiger partial charge in [0.25, 0.3) is 0 Å². The fraction of sp³-hybridized carbons (Fsp3) is 0.882. The van der Waals surface area contributed by atoms with Crippen molar-refractivity contribution in [1.29, 1.82) is 0 Å². The van der Waals surface area contributed by atoms with Crippen LogP contribution in [0.25, 0.3) is 0 Å². The largest absolute Gasteiger partial charge is 0.339 e. The molecule has 21 heavy (non-hydrogen) atoms. The fourth-order valence-electron chi connectivity index (χ4n) is 3.28. The first-order valence-electron chi connectivity index (χ1n) is 8.33. The third-order valence-electron chi connectivity index (χ3n) is 5.37. The highest BCUT2D eigenvalue weighted by Gasteiger charge is 2.32. The van der Waals surface area contributed by atoms with Crippen LogP contribution in [0.2, 0.25) is 0 Å². The molecule has 2 atom stereocenters. The second-order valence-corrected chi connectivity index (χ2v) is 7.77. The molecule has 0 aromatic carbocycles. The van der Waals surface area contributed by atoms with E-state index in [9.17, 15) is 0 Å². The summed E-state index contributed by atoms with van der Waals surface area (Å²) in [7, 11) is 1.96. The Labute approximate surface area is 129 Å². The predicted molar refractivity (Wildman–Crippen MR) is 85.4 cm³/mol. The zero-order valence-electron chi connectivity index (χ0n) is 14.4. The number of nitrogens with one attached hydrogen (secondary N) is 1. The summed E-state index contributed by atoms with van der Waals surface area (Å²) >= 11 is 0. The second kappa shape index (κ2) is 6.47. The van der Waals surface area contributed by atoms with Gasteiger partial charge in [-0.25, -0.2) is 0 Å². The van der Waals surface area contributed by atoms with Crippen LogP contribution in [0.3, 0.4) is 0 Å². The Bertz CT molecular complexity index is 441. The molecule has 1 aromatic heterocycles. The molecule has 1 aliphatic rings. The van der Waals surface area contributed by atoms with Crippen LogP contribution in [0, 0.1) is 11.3 Å². The quantitative estimate of drug-likeness (QED) is 0.908. The van der Waals surface area contributed by atoms with Gasteiger partial charge in [0.2, 0.25) is 5.89 Å². The Morgan fingerprint density at radius 1 is 1.14 bits per heavy atom. The highest BCUT2D eigenvalue weighted by atomic mass is 16.5. The van der Waals surface area contributed by atoms with E-state index in [1.54, 1.807) is 0 Å². The third kappa shape index (κ3) is 3.85. The van der Waals surface area contributed by atoms with Crippen LogP contribution in [0.4, 0.5) is 0 Å². The van der Waals surface area contributed by atoms with Gasteiger partial charge in [-0.2, -0.15) is 4.98 Å². The highest BCUT2D eigenvalue weighted by molar-refractivity contribution is 5.02. The Kier molecular flexibility index (Phi) is 5.07. The molecular weight excluding hydrogens is 262 g/mol. The summed E-state index contributed by atoms with van der Waals surface area (Å²) in [4.78, 5) is 4.67. The average Bonchev–Trinajstić information content (AvgIpc) is 2.94. The van der Waals surface area contributed by atoms with E-state index in [1.165, 1.54) is 25.7 Å². The van der Waals surface area contributed by atoms with Gasteiger partial charge in [-0.15, -0.1) is 0 Å². The summed E-state index contributed by atoms with van der Waals surface area (Å²) in [6, 6.07) is 0.343. The molecule has 0 aliphatic heterocycles. The van der Waals surface area contributed by atoms with Crippen molar-refractivity contribution >= 4 is 0 Å². The van der Waals surface area contributed by atoms with E-state index in [-0.39, 0.29) is 5.92 Å². The molecule has 1 fully saturated rings. The average molecular weight is 293 g/mol. The van der Waals surface area contributed by atoms with Crippen LogP contribution in [-0.4, -0.2) is 23.2 Å². The molecule has 4 heteroatoms. The molecule has 0 bridgehead atoms. The number of hydrogen-bond acceptors (Lipinski definition) is 4. The Hall–Kier alpha value is -0.900. The molecule has 2 rings (SSSR count). The van der Waals surface area contributed by atoms with Crippen molar-refractivity contribution in [3.63, 3.8) is 0 Å². The van der Waals surface area contributed by atoms with E-state index in [2.05, 4.69) is 50.1 Å². The lowest BCUT2D eigenvalue weighted by Gasteiger charge is -2.36. The SMILES string of the molecule is CNC(C)C(C)c1nc(C2CCC(C(C)(C)C)CC2)no1. The molecule has 1 aromatic rings. The zero-order chi connectivity index (χ0) is 15.6. The van der Waals surface area contributed by atoms with Gasteiger partial charge in [-0.05, 0) is 51.0 Å². The fourth-order valence-corrected chi connectivity index (χ4v) is 3.28. The lowest BCUT2D eigenvalue weighted by molar-refractivity contribution is 0.166. The smallest absolute Gasteiger partial charge is 0.231 e. The number of hydrogen-bond donors (Lipinski definition) is 1. The monoisotopic (exact) mass is 293 g/mol. The normalized spacial score (nSPS) is 26.6. The number of rotatable bonds is 4. The van der Waals surface area contributed by atoms with Crippen LogP contribution < -0.4 is 5.32 Å². The van der Waals surface area contributed by atoms with Gasteiger partial charge in [0.1, 0.15) is 0 Å². The molecule has 1 saturated carbocycles. The Balaban J connectivity index is 1.97. The Morgan fingerprint density at radius 2 is 1.76 bits per heavy atom. The molecule has 120 valence electrons. The number of likely N-dealkylation sites (N-methyl/N-ethyl adjacent to an activating group) is 1. The highest BCUT2D eigenvalue weighted by Crippen LogP contribution is 2.42. The molecule has 0 saturated heterocycles. The van der Waals surface area contributed by atoms with E-state index in [0.29, 0.717) is 17.4 Å². The zero-order valence-corrected chi connectivity index (χ0v) is 14.4. The molecular formula is C17H31N3O. The molecule has 2 unspecified atom stereocenters. The topological polar surface area (TPSA) is 51.0 Å². The molecule has 0 spiro atoms. The lowest BCUT2D eigenvalue weighted by Crippen LogP contribution is -2.27. The van der Waals surface area contributed by atoms with Crippen LogP contribution in [-0.2, 0) is 0 Å². The summed E-state index contributed by atoms with van der Waals surface area (Å²) in [5.41, 5.74) is 0.421. The molecule has 1 aliphatic carbocycles. The van der Waals surface area contributed by atoms with Gasteiger partial charge in [0, 0.05) is 12.0 Å². The summed E-state index contributed by atoms with van der Waals surface area (Å²) < 4.78 is 5.50. The minimum atomic E-state index is 0.252. The first kappa shape index (κ1) is 16.5. The van der Waals surface area contributed by atoms with Gasteiger partial charge >= 0.3 is 0 Å². The van der Waals surface area contributed by atoms with Crippen molar-refractivity contribution in [2.75, 3.05) is 7.05 Å². The third-order valence-corrected chi connectivity index (χ3v) is 5.37. The Morgan fingerprint density at radius 3 is 2.29 bits per heavy atom. The first-order chi connectivity index (χ1) is 9.82. The first-order valence-corrected chi connectivity index (χ1v) is 8.33. The minimum absolute atomic E-state index is 0.252. The van der Waals surface area contributed by atoms with E-state index in [4.69, 9.17) is 4.52 Å². The summed E-state index contributed by atoms with van der Waals surface area (Å²) in [6.45, 7) is 11.3. The maximum atomic E-state index is 5.50. The van der Waals surface area contributed by atoms with Crippen LogP contribution >= 0.6 is 0 Å². The predicted octanol–water partition coefficient (Wildman–Crippen LogP) is 4.10. The lowest BCUT2D eigenvalue weighted by atomic mass is 9.70. The van der Waals surface area contributed by atoms with E-state index >= 15 is 0 Å². The molecule has 0 radical (unpaired) electrons. The van der Waals surface area contributed by atoms with Crippen molar-refractivity contribution in [3.05, 3.63) is 11.7 Å². The molecule has 4 nitrogen and oxygen atoms in total. The maximum Gasteiger partial charge on any atom is 0.231 e. The molecule has 0 amide bonds. The maximum absolute atomic E-state index is 5.50. The van der Waals surface area contributed by atoms with Gasteiger partial charge in [0.05, 0.1) is 5.92 Å². The number of nitrogens with zero attached hydrogens (tertiary/aromatic N) is 2. The van der Waals surface area contributed by atoms with E-state index < -0.39 is 0 Å². The van der Waals surface area contributed by atoms with Crippen LogP contribution in [0.15, 0.2) is 4.52 Å². The molecule has 1 N–H and O–H groups in total. The van der Waals surface area contributed by atoms with Crippen LogP contribution in [0.5, 0.6) is 0 Å². The minimum Gasteiger partial charge on any atom is -0.339 e. The summed E-state index contributed by atoms with van der Waals surface area (Å²) in [6.07, 6.45) is 4.94. The van der Waals surface area contributed by atoms with Crippen LogP contribution in [0.1, 0.15) is 83.9 Å². The van der Waals surface area contributed by atoms with Crippen molar-refractivity contribution in [2.45, 2.75) is 78.2 Å². The molecule has 1 heterocycles.